The molecule has 3 rings (SSSR count). The van der Waals surface area contributed by atoms with E-state index < -0.39 is 0 Å². The Bertz CT molecular complexity index is 604. The summed E-state index contributed by atoms with van der Waals surface area (Å²) in [6, 6.07) is 4.14. The fraction of sp³-hybridized carbons (Fsp3) is 0.357. The van der Waals surface area contributed by atoms with Gasteiger partial charge in [0.15, 0.2) is 0 Å². The zero-order chi connectivity index (χ0) is 13.4. The fourth-order valence-corrected chi connectivity index (χ4v) is 4.71. The van der Waals surface area contributed by atoms with Crippen LogP contribution in [0.25, 0.3) is 9.75 Å². The quantitative estimate of drug-likeness (QED) is 0.858. The lowest BCUT2D eigenvalue weighted by Gasteiger charge is -2.08. The van der Waals surface area contributed by atoms with Crippen molar-refractivity contribution in [3.8, 4) is 9.75 Å². The SMILES string of the molecule is COC(=O)c1sc(-c2cc3c(s2)CCCC3)cc1N. The molecule has 0 bridgehead atoms. The zero-order valence-electron chi connectivity index (χ0n) is 10.7. The van der Waals surface area contributed by atoms with Crippen molar-refractivity contribution >= 4 is 34.3 Å². The number of ether oxygens (including phenoxy) is 1. The topological polar surface area (TPSA) is 52.3 Å². The Morgan fingerprint density at radius 2 is 1.95 bits per heavy atom. The number of nitrogen functional groups attached to an aromatic ring is 1. The Balaban J connectivity index is 1.98. The first kappa shape index (κ1) is 12.7. The lowest BCUT2D eigenvalue weighted by Crippen LogP contribution is -2.00. The molecular formula is C14H15NO2S2. The van der Waals surface area contributed by atoms with Crippen molar-refractivity contribution in [2.24, 2.45) is 0 Å². The predicted molar refractivity (Wildman–Crippen MR) is 80.0 cm³/mol. The monoisotopic (exact) mass is 293 g/mol. The third-order valence-electron chi connectivity index (χ3n) is 3.37. The molecule has 0 aliphatic heterocycles. The molecule has 0 unspecified atom stereocenters. The molecule has 2 N–H and O–H groups in total. The molecular weight excluding hydrogens is 278 g/mol. The maximum Gasteiger partial charge on any atom is 0.350 e. The van der Waals surface area contributed by atoms with E-state index in [0.717, 1.165) is 4.88 Å². The van der Waals surface area contributed by atoms with Gasteiger partial charge in [-0.15, -0.1) is 22.7 Å². The molecule has 0 fully saturated rings. The number of hydrogen-bond donors (Lipinski definition) is 1. The number of esters is 1. The minimum Gasteiger partial charge on any atom is -0.465 e. The van der Waals surface area contributed by atoms with Crippen molar-refractivity contribution in [1.82, 2.24) is 0 Å². The molecule has 0 saturated carbocycles. The molecule has 0 spiro atoms. The van der Waals surface area contributed by atoms with Gasteiger partial charge in [0.05, 0.1) is 12.8 Å². The van der Waals surface area contributed by atoms with Gasteiger partial charge >= 0.3 is 5.97 Å². The van der Waals surface area contributed by atoms with E-state index in [9.17, 15) is 4.79 Å². The number of fused-ring (bicyclic) bond motifs is 1. The Hall–Kier alpha value is -1.33. The van der Waals surface area contributed by atoms with Crippen LogP contribution in [0.15, 0.2) is 12.1 Å². The number of carbonyl (C=O) groups excluding carboxylic acids is 1. The van der Waals surface area contributed by atoms with Crippen LogP contribution < -0.4 is 5.73 Å². The molecule has 19 heavy (non-hydrogen) atoms. The van der Waals surface area contributed by atoms with E-state index in [0.29, 0.717) is 10.6 Å². The largest absolute Gasteiger partial charge is 0.465 e. The van der Waals surface area contributed by atoms with Crippen molar-refractivity contribution in [2.75, 3.05) is 12.8 Å². The van der Waals surface area contributed by atoms with E-state index >= 15 is 0 Å². The number of anilines is 1. The second kappa shape index (κ2) is 4.98. The molecule has 2 aromatic heterocycles. The number of nitrogens with two attached hydrogens (primary N) is 1. The van der Waals surface area contributed by atoms with Gasteiger partial charge in [0.2, 0.25) is 0 Å². The van der Waals surface area contributed by atoms with E-state index in [1.54, 1.807) is 0 Å². The summed E-state index contributed by atoms with van der Waals surface area (Å²) in [5.74, 6) is -0.352. The number of aryl methyl sites for hydroxylation is 2. The average molecular weight is 293 g/mol. The van der Waals surface area contributed by atoms with Gasteiger partial charge in [0, 0.05) is 14.6 Å². The lowest BCUT2D eigenvalue weighted by atomic mass is 9.99. The van der Waals surface area contributed by atoms with Gasteiger partial charge in [-0.1, -0.05) is 0 Å². The van der Waals surface area contributed by atoms with E-state index in [1.165, 1.54) is 59.4 Å². The van der Waals surface area contributed by atoms with E-state index in [-0.39, 0.29) is 5.97 Å². The summed E-state index contributed by atoms with van der Waals surface area (Å²) < 4.78 is 4.74. The predicted octanol–water partition coefficient (Wildman–Crippen LogP) is 3.72. The van der Waals surface area contributed by atoms with Crippen molar-refractivity contribution in [3.05, 3.63) is 27.5 Å². The van der Waals surface area contributed by atoms with Gasteiger partial charge in [0.25, 0.3) is 0 Å². The van der Waals surface area contributed by atoms with E-state index in [2.05, 4.69) is 6.07 Å². The third-order valence-corrected chi connectivity index (χ3v) is 5.93. The van der Waals surface area contributed by atoms with Crippen LogP contribution in [-0.2, 0) is 17.6 Å². The number of methoxy groups -OCH3 is 1. The van der Waals surface area contributed by atoms with Crippen LogP contribution in [0.1, 0.15) is 33.0 Å². The highest BCUT2D eigenvalue weighted by Crippen LogP contribution is 2.40. The highest BCUT2D eigenvalue weighted by molar-refractivity contribution is 7.23. The second-order valence-electron chi connectivity index (χ2n) is 4.65. The van der Waals surface area contributed by atoms with Crippen LogP contribution in [0.5, 0.6) is 0 Å². The van der Waals surface area contributed by atoms with Crippen LogP contribution in [0, 0.1) is 0 Å². The first-order valence-corrected chi connectivity index (χ1v) is 7.92. The van der Waals surface area contributed by atoms with Crippen LogP contribution in [0.3, 0.4) is 0 Å². The molecule has 1 aliphatic carbocycles. The maximum atomic E-state index is 11.6. The van der Waals surface area contributed by atoms with Crippen molar-refractivity contribution < 1.29 is 9.53 Å². The van der Waals surface area contributed by atoms with Gasteiger partial charge in [-0.25, -0.2) is 4.79 Å². The zero-order valence-corrected chi connectivity index (χ0v) is 12.3. The van der Waals surface area contributed by atoms with E-state index in [4.69, 9.17) is 10.5 Å². The summed E-state index contributed by atoms with van der Waals surface area (Å²) in [6.45, 7) is 0. The standard InChI is InChI=1S/C14H15NO2S2/c1-17-14(16)13-9(15)7-12(19-13)11-6-8-4-2-3-5-10(8)18-11/h6-7H,2-5,15H2,1H3. The van der Waals surface area contributed by atoms with Gasteiger partial charge in [-0.3, -0.25) is 0 Å². The summed E-state index contributed by atoms with van der Waals surface area (Å²) in [6.07, 6.45) is 4.93. The number of rotatable bonds is 2. The Morgan fingerprint density at radius 1 is 1.21 bits per heavy atom. The van der Waals surface area contributed by atoms with Crippen LogP contribution in [-0.4, -0.2) is 13.1 Å². The van der Waals surface area contributed by atoms with Crippen LogP contribution in [0.4, 0.5) is 5.69 Å². The van der Waals surface area contributed by atoms with Crippen LogP contribution >= 0.6 is 22.7 Å². The van der Waals surface area contributed by atoms with Gasteiger partial charge in [-0.05, 0) is 43.4 Å². The molecule has 100 valence electrons. The molecule has 0 amide bonds. The summed E-state index contributed by atoms with van der Waals surface area (Å²) in [4.78, 5) is 15.9. The second-order valence-corrected chi connectivity index (χ2v) is 6.84. The Kier molecular flexibility index (Phi) is 3.33. The number of thiophene rings is 2. The summed E-state index contributed by atoms with van der Waals surface area (Å²) in [5.41, 5.74) is 7.87. The smallest absolute Gasteiger partial charge is 0.350 e. The number of hydrogen-bond acceptors (Lipinski definition) is 5. The normalized spacial score (nSPS) is 14.2. The summed E-state index contributed by atoms with van der Waals surface area (Å²) in [5, 5.41) is 0. The average Bonchev–Trinajstić information content (AvgIpc) is 3.00. The van der Waals surface area contributed by atoms with Crippen molar-refractivity contribution in [2.45, 2.75) is 25.7 Å². The Morgan fingerprint density at radius 3 is 2.68 bits per heavy atom. The molecule has 0 radical (unpaired) electrons. The lowest BCUT2D eigenvalue weighted by molar-refractivity contribution is 0.0607. The van der Waals surface area contributed by atoms with Gasteiger partial charge < -0.3 is 10.5 Å². The van der Waals surface area contributed by atoms with Gasteiger partial charge in [0.1, 0.15) is 4.88 Å². The molecule has 0 atom stereocenters. The first-order valence-electron chi connectivity index (χ1n) is 6.28. The Labute approximate surface area is 120 Å². The summed E-state index contributed by atoms with van der Waals surface area (Å²) in [7, 11) is 1.38. The molecule has 5 heteroatoms. The van der Waals surface area contributed by atoms with E-state index in [1.807, 2.05) is 17.4 Å². The number of carbonyl (C=O) groups is 1. The third kappa shape index (κ3) is 2.28. The molecule has 2 aromatic rings. The van der Waals surface area contributed by atoms with Crippen molar-refractivity contribution in [3.63, 3.8) is 0 Å². The fourth-order valence-electron chi connectivity index (χ4n) is 2.39. The highest BCUT2D eigenvalue weighted by Gasteiger charge is 2.19. The maximum absolute atomic E-state index is 11.6. The summed E-state index contributed by atoms with van der Waals surface area (Å²) >= 11 is 3.25. The van der Waals surface area contributed by atoms with Crippen molar-refractivity contribution in [1.29, 1.82) is 0 Å². The molecule has 3 nitrogen and oxygen atoms in total. The highest BCUT2D eigenvalue weighted by atomic mass is 32.1. The molecule has 0 saturated heterocycles. The minimum absolute atomic E-state index is 0.352. The first-order chi connectivity index (χ1) is 9.19. The molecule has 2 heterocycles. The molecule has 0 aromatic carbocycles. The molecule has 1 aliphatic rings. The van der Waals surface area contributed by atoms with Crippen LogP contribution in [0.2, 0.25) is 0 Å². The minimum atomic E-state index is -0.352. The van der Waals surface area contributed by atoms with Gasteiger partial charge in [-0.2, -0.15) is 0 Å².